The van der Waals surface area contributed by atoms with E-state index < -0.39 is 5.97 Å². The molecule has 160 valence electrons. The third-order valence-corrected chi connectivity index (χ3v) is 5.87. The Morgan fingerprint density at radius 1 is 1.27 bits per heavy atom. The number of carboxylic acid groups (broad SMARTS) is 1. The van der Waals surface area contributed by atoms with Crippen molar-refractivity contribution in [1.82, 2.24) is 4.90 Å². The lowest BCUT2D eigenvalue weighted by molar-refractivity contribution is -0.147. The molecule has 0 unspecified atom stereocenters. The van der Waals surface area contributed by atoms with Gasteiger partial charge in [0.05, 0.1) is 12.5 Å². The molecule has 1 atom stereocenters. The molecule has 1 heterocycles. The number of rotatable bonds is 9. The number of nitrogens with zero attached hydrogens (tertiary/aromatic N) is 1. The Morgan fingerprint density at radius 2 is 1.97 bits per heavy atom. The highest BCUT2D eigenvalue weighted by Crippen LogP contribution is 2.25. The summed E-state index contributed by atoms with van der Waals surface area (Å²) in [5.74, 6) is 0.387. The van der Waals surface area contributed by atoms with Crippen LogP contribution in [0.25, 0.3) is 5.57 Å². The van der Waals surface area contributed by atoms with Crippen LogP contribution in [0.15, 0.2) is 48.5 Å². The molecule has 5 heteroatoms. The van der Waals surface area contributed by atoms with Gasteiger partial charge in [-0.15, -0.1) is 0 Å². The summed E-state index contributed by atoms with van der Waals surface area (Å²) < 4.78 is 6.03. The maximum atomic E-state index is 10.9. The average Bonchev–Trinajstić information content (AvgIpc) is 2.66. The van der Waals surface area contributed by atoms with Crippen LogP contribution in [0.1, 0.15) is 30.5 Å². The van der Waals surface area contributed by atoms with Gasteiger partial charge < -0.3 is 9.84 Å². The number of aliphatic carboxylic acids is 1. The summed E-state index contributed by atoms with van der Waals surface area (Å²) in [7, 11) is 0. The summed E-state index contributed by atoms with van der Waals surface area (Å²) in [5, 5.41) is 9.73. The van der Waals surface area contributed by atoms with E-state index in [0.29, 0.717) is 25.6 Å². The molecule has 0 aliphatic carbocycles. The van der Waals surface area contributed by atoms with Gasteiger partial charge in [-0.1, -0.05) is 42.8 Å². The van der Waals surface area contributed by atoms with Crippen molar-refractivity contribution < 1.29 is 14.6 Å². The number of ether oxygens (including phenoxy) is 1. The highest BCUT2D eigenvalue weighted by atomic mass is 35.5. The van der Waals surface area contributed by atoms with Gasteiger partial charge in [0.15, 0.2) is 0 Å². The minimum Gasteiger partial charge on any atom is -0.493 e. The van der Waals surface area contributed by atoms with Crippen LogP contribution >= 0.6 is 11.6 Å². The quantitative estimate of drug-likeness (QED) is 0.587. The first-order valence-electron chi connectivity index (χ1n) is 10.4. The first-order chi connectivity index (χ1) is 14.3. The third-order valence-electron chi connectivity index (χ3n) is 5.62. The van der Waals surface area contributed by atoms with Crippen LogP contribution in [0, 0.1) is 18.8 Å². The van der Waals surface area contributed by atoms with Crippen molar-refractivity contribution in [3.63, 3.8) is 0 Å². The Hall–Kier alpha value is -2.30. The Kier molecular flexibility index (Phi) is 7.57. The Labute approximate surface area is 184 Å². The number of aryl methyl sites for hydroxylation is 1. The van der Waals surface area contributed by atoms with Gasteiger partial charge in [-0.2, -0.15) is 0 Å². The topological polar surface area (TPSA) is 49.8 Å². The minimum absolute atomic E-state index is 0.209. The Bertz CT molecular complexity index is 901. The molecule has 0 bridgehead atoms. The molecule has 2 aromatic carbocycles. The molecule has 1 saturated heterocycles. The van der Waals surface area contributed by atoms with Crippen molar-refractivity contribution in [3.8, 4) is 5.75 Å². The van der Waals surface area contributed by atoms with Crippen molar-refractivity contribution >= 4 is 23.1 Å². The Balaban J connectivity index is 1.50. The van der Waals surface area contributed by atoms with Crippen LogP contribution in [-0.4, -0.2) is 42.2 Å². The second-order valence-electron chi connectivity index (χ2n) is 8.36. The monoisotopic (exact) mass is 427 g/mol. The fraction of sp³-hybridized carbons (Fsp3) is 0.400. The highest BCUT2D eigenvalue weighted by Gasteiger charge is 2.31. The van der Waals surface area contributed by atoms with Crippen LogP contribution in [0.4, 0.5) is 0 Å². The van der Waals surface area contributed by atoms with Crippen molar-refractivity contribution in [2.75, 3.05) is 26.2 Å². The summed E-state index contributed by atoms with van der Waals surface area (Å²) in [6.07, 6.45) is 3.13. The standard InChI is InChI=1S/C25H30ClNO3/c1-17(12-20-4-6-22(26)7-5-20)16-30-23-8-9-24(19(3)13-23)18(2)10-11-27-14-21(15-27)25(28)29/h4-10,13,17,21H,11-12,14-16H2,1-3H3,(H,28,29)/b18-10-/t17-/m0/s1. The van der Waals surface area contributed by atoms with Gasteiger partial charge in [0.2, 0.25) is 0 Å². The van der Waals surface area contributed by atoms with Crippen LogP contribution < -0.4 is 4.74 Å². The number of carboxylic acids is 1. The van der Waals surface area contributed by atoms with E-state index in [1.165, 1.54) is 22.3 Å². The van der Waals surface area contributed by atoms with Gasteiger partial charge in [0.1, 0.15) is 5.75 Å². The molecule has 0 spiro atoms. The lowest BCUT2D eigenvalue weighted by Crippen LogP contribution is -2.50. The van der Waals surface area contributed by atoms with E-state index in [9.17, 15) is 4.79 Å². The van der Waals surface area contributed by atoms with Crippen molar-refractivity contribution in [2.45, 2.75) is 27.2 Å². The lowest BCUT2D eigenvalue weighted by atomic mass is 9.98. The molecule has 1 N–H and O–H groups in total. The summed E-state index contributed by atoms with van der Waals surface area (Å²) in [6, 6.07) is 14.2. The fourth-order valence-corrected chi connectivity index (χ4v) is 3.87. The average molecular weight is 428 g/mol. The molecule has 0 saturated carbocycles. The molecular weight excluding hydrogens is 398 g/mol. The zero-order chi connectivity index (χ0) is 21.7. The molecule has 2 aromatic rings. The predicted octanol–water partition coefficient (Wildman–Crippen LogP) is 5.33. The SMILES string of the molecule is C/C(=C/CN1CC(C(=O)O)C1)c1ccc(OC[C@@H](C)Cc2ccc(Cl)cc2)cc1C. The molecule has 0 amide bonds. The molecule has 30 heavy (non-hydrogen) atoms. The summed E-state index contributed by atoms with van der Waals surface area (Å²) in [5.41, 5.74) is 4.85. The maximum Gasteiger partial charge on any atom is 0.309 e. The van der Waals surface area contributed by atoms with Gasteiger partial charge in [-0.3, -0.25) is 9.69 Å². The van der Waals surface area contributed by atoms with E-state index in [1.807, 2.05) is 18.2 Å². The number of likely N-dealkylation sites (tertiary alicyclic amines) is 1. The van der Waals surface area contributed by atoms with Crippen LogP contribution in [0.3, 0.4) is 0 Å². The van der Waals surface area contributed by atoms with Gasteiger partial charge in [-0.25, -0.2) is 0 Å². The van der Waals surface area contributed by atoms with Crippen molar-refractivity contribution in [1.29, 1.82) is 0 Å². The molecule has 0 radical (unpaired) electrons. The zero-order valence-electron chi connectivity index (χ0n) is 17.9. The maximum absolute atomic E-state index is 10.9. The van der Waals surface area contributed by atoms with Crippen molar-refractivity contribution in [2.24, 2.45) is 11.8 Å². The minimum atomic E-state index is -0.694. The third kappa shape index (κ3) is 6.10. The van der Waals surface area contributed by atoms with E-state index >= 15 is 0 Å². The van der Waals surface area contributed by atoms with Crippen molar-refractivity contribution in [3.05, 3.63) is 70.3 Å². The smallest absolute Gasteiger partial charge is 0.309 e. The largest absolute Gasteiger partial charge is 0.493 e. The molecule has 1 aliphatic rings. The predicted molar refractivity (Wildman–Crippen MR) is 122 cm³/mol. The number of benzene rings is 2. The van der Waals surface area contributed by atoms with E-state index in [-0.39, 0.29) is 5.92 Å². The van der Waals surface area contributed by atoms with Crippen LogP contribution in [-0.2, 0) is 11.2 Å². The molecule has 4 nitrogen and oxygen atoms in total. The molecular formula is C25H30ClNO3. The number of halogens is 1. The fourth-order valence-electron chi connectivity index (χ4n) is 3.74. The van der Waals surface area contributed by atoms with Gasteiger partial charge in [-0.05, 0) is 72.7 Å². The second-order valence-corrected chi connectivity index (χ2v) is 8.80. The first kappa shape index (κ1) is 22.4. The molecule has 0 aromatic heterocycles. The normalized spacial score (nSPS) is 16.2. The van der Waals surface area contributed by atoms with Gasteiger partial charge >= 0.3 is 5.97 Å². The van der Waals surface area contributed by atoms with Crippen LogP contribution in [0.2, 0.25) is 5.02 Å². The summed E-state index contributed by atoms with van der Waals surface area (Å²) >= 11 is 5.95. The van der Waals surface area contributed by atoms with E-state index in [4.69, 9.17) is 21.4 Å². The molecule has 1 fully saturated rings. The van der Waals surface area contributed by atoms with Crippen LogP contribution in [0.5, 0.6) is 5.75 Å². The lowest BCUT2D eigenvalue weighted by Gasteiger charge is -2.35. The number of allylic oxidation sites excluding steroid dienone is 1. The second kappa shape index (κ2) is 10.1. The summed E-state index contributed by atoms with van der Waals surface area (Å²) in [4.78, 5) is 13.1. The van der Waals surface area contributed by atoms with Gasteiger partial charge in [0, 0.05) is 24.7 Å². The first-order valence-corrected chi connectivity index (χ1v) is 10.8. The zero-order valence-corrected chi connectivity index (χ0v) is 18.7. The van der Waals surface area contributed by atoms with E-state index in [0.717, 1.165) is 23.7 Å². The van der Waals surface area contributed by atoms with E-state index in [2.05, 4.69) is 56.0 Å². The Morgan fingerprint density at radius 3 is 2.60 bits per heavy atom. The van der Waals surface area contributed by atoms with E-state index in [1.54, 1.807) is 0 Å². The molecule has 1 aliphatic heterocycles. The number of carbonyl (C=O) groups is 1. The number of hydrogen-bond acceptors (Lipinski definition) is 3. The summed E-state index contributed by atoms with van der Waals surface area (Å²) in [6.45, 7) is 9.11. The number of hydrogen-bond donors (Lipinski definition) is 1. The highest BCUT2D eigenvalue weighted by molar-refractivity contribution is 6.30. The molecule has 3 rings (SSSR count). The van der Waals surface area contributed by atoms with Gasteiger partial charge in [0.25, 0.3) is 0 Å².